The van der Waals surface area contributed by atoms with Crippen molar-refractivity contribution in [2.45, 2.75) is 13.2 Å². The summed E-state index contributed by atoms with van der Waals surface area (Å²) in [5.41, 5.74) is 7.68. The SMILES string of the molecule is COc1ccc(OCc2cc(CN)ccc2OC)c(Br)c1. The van der Waals surface area contributed by atoms with Gasteiger partial charge in [0.1, 0.15) is 23.9 Å². The smallest absolute Gasteiger partial charge is 0.134 e. The van der Waals surface area contributed by atoms with Gasteiger partial charge in [-0.05, 0) is 51.8 Å². The maximum atomic E-state index is 5.84. The molecule has 0 atom stereocenters. The zero-order valence-electron chi connectivity index (χ0n) is 12.1. The largest absolute Gasteiger partial charge is 0.497 e. The summed E-state index contributed by atoms with van der Waals surface area (Å²) < 4.78 is 17.2. The van der Waals surface area contributed by atoms with Gasteiger partial charge >= 0.3 is 0 Å². The molecule has 112 valence electrons. The molecule has 0 heterocycles. The first-order chi connectivity index (χ1) is 10.2. The van der Waals surface area contributed by atoms with Gasteiger partial charge in [0.2, 0.25) is 0 Å². The highest BCUT2D eigenvalue weighted by atomic mass is 79.9. The van der Waals surface area contributed by atoms with E-state index in [0.29, 0.717) is 13.2 Å². The van der Waals surface area contributed by atoms with E-state index in [2.05, 4.69) is 15.9 Å². The topological polar surface area (TPSA) is 53.7 Å². The Kier molecular flexibility index (Phi) is 5.47. The van der Waals surface area contributed by atoms with Crippen LogP contribution in [0.15, 0.2) is 40.9 Å². The van der Waals surface area contributed by atoms with Crippen LogP contribution in [0.2, 0.25) is 0 Å². The van der Waals surface area contributed by atoms with Crippen LogP contribution < -0.4 is 19.9 Å². The van der Waals surface area contributed by atoms with Crippen LogP contribution in [0.4, 0.5) is 0 Å². The van der Waals surface area contributed by atoms with Crippen LogP contribution in [0.25, 0.3) is 0 Å². The average Bonchev–Trinajstić information content (AvgIpc) is 2.53. The zero-order chi connectivity index (χ0) is 15.2. The molecular formula is C16H18BrNO3. The zero-order valence-corrected chi connectivity index (χ0v) is 13.6. The van der Waals surface area contributed by atoms with E-state index in [1.54, 1.807) is 14.2 Å². The number of benzene rings is 2. The Morgan fingerprint density at radius 2 is 1.76 bits per heavy atom. The van der Waals surface area contributed by atoms with E-state index < -0.39 is 0 Å². The molecule has 5 heteroatoms. The molecule has 0 aromatic heterocycles. The second-order valence-electron chi connectivity index (χ2n) is 4.44. The molecular weight excluding hydrogens is 334 g/mol. The third kappa shape index (κ3) is 3.89. The summed E-state index contributed by atoms with van der Waals surface area (Å²) in [7, 11) is 3.27. The van der Waals surface area contributed by atoms with E-state index >= 15 is 0 Å². The number of hydrogen-bond acceptors (Lipinski definition) is 4. The standard InChI is InChI=1S/C16H18BrNO3/c1-19-13-4-6-16(14(17)8-13)21-10-12-7-11(9-18)3-5-15(12)20-2/h3-8H,9-10,18H2,1-2H3. The maximum Gasteiger partial charge on any atom is 0.134 e. The van der Waals surface area contributed by atoms with Crippen LogP contribution in [0.5, 0.6) is 17.2 Å². The van der Waals surface area contributed by atoms with Crippen molar-refractivity contribution in [3.8, 4) is 17.2 Å². The fraction of sp³-hybridized carbons (Fsp3) is 0.250. The Morgan fingerprint density at radius 3 is 2.38 bits per heavy atom. The van der Waals surface area contributed by atoms with E-state index in [1.165, 1.54) is 0 Å². The molecule has 0 aliphatic heterocycles. The molecule has 2 rings (SSSR count). The van der Waals surface area contributed by atoms with Gasteiger partial charge in [-0.15, -0.1) is 0 Å². The van der Waals surface area contributed by atoms with Gasteiger partial charge < -0.3 is 19.9 Å². The molecule has 0 aliphatic carbocycles. The number of hydrogen-bond donors (Lipinski definition) is 1. The summed E-state index contributed by atoms with van der Waals surface area (Å²) in [6.07, 6.45) is 0. The Hall–Kier alpha value is -1.72. The summed E-state index contributed by atoms with van der Waals surface area (Å²) in [5.74, 6) is 2.31. The molecule has 0 saturated heterocycles. The van der Waals surface area contributed by atoms with E-state index in [4.69, 9.17) is 19.9 Å². The Labute approximate surface area is 132 Å². The van der Waals surface area contributed by atoms with Gasteiger partial charge in [0, 0.05) is 12.1 Å². The number of ether oxygens (including phenoxy) is 3. The van der Waals surface area contributed by atoms with E-state index in [1.807, 2.05) is 36.4 Å². The van der Waals surface area contributed by atoms with Crippen molar-refractivity contribution in [2.75, 3.05) is 14.2 Å². The number of halogens is 1. The van der Waals surface area contributed by atoms with Crippen LogP contribution in [-0.2, 0) is 13.2 Å². The molecule has 0 unspecified atom stereocenters. The summed E-state index contributed by atoms with van der Waals surface area (Å²) in [6, 6.07) is 11.4. The van der Waals surface area contributed by atoms with Crippen molar-refractivity contribution >= 4 is 15.9 Å². The molecule has 4 nitrogen and oxygen atoms in total. The molecule has 21 heavy (non-hydrogen) atoms. The minimum absolute atomic E-state index is 0.405. The second-order valence-corrected chi connectivity index (χ2v) is 5.29. The van der Waals surface area contributed by atoms with Crippen LogP contribution in [0.3, 0.4) is 0 Å². The molecule has 0 radical (unpaired) electrons. The lowest BCUT2D eigenvalue weighted by Crippen LogP contribution is -2.03. The van der Waals surface area contributed by atoms with E-state index in [-0.39, 0.29) is 0 Å². The van der Waals surface area contributed by atoms with Crippen LogP contribution in [0, 0.1) is 0 Å². The fourth-order valence-corrected chi connectivity index (χ4v) is 2.43. The Balaban J connectivity index is 2.15. The second kappa shape index (κ2) is 7.33. The monoisotopic (exact) mass is 351 g/mol. The van der Waals surface area contributed by atoms with Crippen LogP contribution >= 0.6 is 15.9 Å². The van der Waals surface area contributed by atoms with Gasteiger partial charge in [0.05, 0.1) is 18.7 Å². The van der Waals surface area contributed by atoms with Gasteiger partial charge in [-0.3, -0.25) is 0 Å². The van der Waals surface area contributed by atoms with Crippen LogP contribution in [-0.4, -0.2) is 14.2 Å². The third-order valence-electron chi connectivity index (χ3n) is 3.10. The minimum atomic E-state index is 0.405. The van der Waals surface area contributed by atoms with Gasteiger partial charge in [-0.25, -0.2) is 0 Å². The van der Waals surface area contributed by atoms with Crippen molar-refractivity contribution in [2.24, 2.45) is 5.73 Å². The quantitative estimate of drug-likeness (QED) is 0.865. The Morgan fingerprint density at radius 1 is 1.00 bits per heavy atom. The first kappa shape index (κ1) is 15.7. The highest BCUT2D eigenvalue weighted by Gasteiger charge is 2.08. The van der Waals surface area contributed by atoms with Crippen molar-refractivity contribution in [3.63, 3.8) is 0 Å². The lowest BCUT2D eigenvalue weighted by atomic mass is 10.1. The van der Waals surface area contributed by atoms with Crippen molar-refractivity contribution in [1.29, 1.82) is 0 Å². The summed E-state index contributed by atoms with van der Waals surface area (Å²) in [6.45, 7) is 0.894. The summed E-state index contributed by atoms with van der Waals surface area (Å²) in [5, 5.41) is 0. The third-order valence-corrected chi connectivity index (χ3v) is 3.72. The highest BCUT2D eigenvalue weighted by Crippen LogP contribution is 2.30. The highest BCUT2D eigenvalue weighted by molar-refractivity contribution is 9.10. The molecule has 0 amide bonds. The van der Waals surface area contributed by atoms with Gasteiger partial charge in [-0.1, -0.05) is 6.07 Å². The first-order valence-electron chi connectivity index (χ1n) is 6.50. The van der Waals surface area contributed by atoms with E-state index in [9.17, 15) is 0 Å². The summed E-state index contributed by atoms with van der Waals surface area (Å²) in [4.78, 5) is 0. The molecule has 0 saturated carbocycles. The lowest BCUT2D eigenvalue weighted by molar-refractivity contribution is 0.294. The molecule has 0 bridgehead atoms. The number of rotatable bonds is 6. The predicted octanol–water partition coefficient (Wildman–Crippen LogP) is 3.50. The van der Waals surface area contributed by atoms with Gasteiger partial charge in [-0.2, -0.15) is 0 Å². The normalized spacial score (nSPS) is 10.3. The molecule has 2 N–H and O–H groups in total. The van der Waals surface area contributed by atoms with Crippen molar-refractivity contribution < 1.29 is 14.2 Å². The fourth-order valence-electron chi connectivity index (χ4n) is 1.95. The lowest BCUT2D eigenvalue weighted by Gasteiger charge is -2.13. The number of nitrogens with two attached hydrogens (primary N) is 1. The van der Waals surface area contributed by atoms with E-state index in [0.717, 1.165) is 32.8 Å². The first-order valence-corrected chi connectivity index (χ1v) is 7.29. The maximum absolute atomic E-state index is 5.84. The number of methoxy groups -OCH3 is 2. The minimum Gasteiger partial charge on any atom is -0.497 e. The Bertz CT molecular complexity index is 616. The molecule has 2 aromatic carbocycles. The van der Waals surface area contributed by atoms with Crippen molar-refractivity contribution in [3.05, 3.63) is 52.0 Å². The molecule has 0 fully saturated rings. The average molecular weight is 352 g/mol. The molecule has 0 spiro atoms. The predicted molar refractivity (Wildman–Crippen MR) is 85.9 cm³/mol. The van der Waals surface area contributed by atoms with Gasteiger partial charge in [0.15, 0.2) is 0 Å². The summed E-state index contributed by atoms with van der Waals surface area (Å²) >= 11 is 3.47. The molecule has 2 aromatic rings. The van der Waals surface area contributed by atoms with Gasteiger partial charge in [0.25, 0.3) is 0 Å². The van der Waals surface area contributed by atoms with Crippen molar-refractivity contribution in [1.82, 2.24) is 0 Å². The van der Waals surface area contributed by atoms with Crippen LogP contribution in [0.1, 0.15) is 11.1 Å². The molecule has 0 aliphatic rings.